The first-order chi connectivity index (χ1) is 10.6. The van der Waals surface area contributed by atoms with Gasteiger partial charge in [-0.3, -0.25) is 15.1 Å². The summed E-state index contributed by atoms with van der Waals surface area (Å²) in [6.07, 6.45) is 3.37. The van der Waals surface area contributed by atoms with Crippen molar-refractivity contribution in [3.8, 4) is 11.3 Å². The van der Waals surface area contributed by atoms with Gasteiger partial charge >= 0.3 is 0 Å². The molecule has 0 saturated heterocycles. The lowest BCUT2D eigenvalue weighted by molar-refractivity contribution is 0.102. The predicted molar refractivity (Wildman–Crippen MR) is 83.6 cm³/mol. The van der Waals surface area contributed by atoms with Gasteiger partial charge in [-0.2, -0.15) is 0 Å². The van der Waals surface area contributed by atoms with Crippen molar-refractivity contribution in [3.05, 3.63) is 65.5 Å². The minimum Gasteiger partial charge on any atom is -0.338 e. The molecule has 0 aliphatic rings. The van der Waals surface area contributed by atoms with Crippen molar-refractivity contribution in [1.29, 1.82) is 0 Å². The van der Waals surface area contributed by atoms with Crippen LogP contribution in [0.2, 0.25) is 0 Å². The van der Waals surface area contributed by atoms with Crippen LogP contribution >= 0.6 is 0 Å². The predicted octanol–water partition coefficient (Wildman–Crippen LogP) is 3.61. The molecular formula is C17H15N3O2. The Balaban J connectivity index is 1.77. The van der Waals surface area contributed by atoms with Gasteiger partial charge in [-0.1, -0.05) is 11.2 Å². The fourth-order valence-corrected chi connectivity index (χ4v) is 2.05. The maximum absolute atomic E-state index is 12.2. The van der Waals surface area contributed by atoms with E-state index in [2.05, 4.69) is 15.5 Å². The third-order valence-electron chi connectivity index (χ3n) is 3.47. The van der Waals surface area contributed by atoms with Gasteiger partial charge in [0.25, 0.3) is 5.91 Å². The molecule has 1 aromatic carbocycles. The van der Waals surface area contributed by atoms with Crippen LogP contribution in [0.1, 0.15) is 21.5 Å². The van der Waals surface area contributed by atoms with E-state index in [1.807, 2.05) is 38.1 Å². The summed E-state index contributed by atoms with van der Waals surface area (Å²) in [6, 6.07) is 10.9. The van der Waals surface area contributed by atoms with E-state index >= 15 is 0 Å². The summed E-state index contributed by atoms with van der Waals surface area (Å²) < 4.78 is 5.16. The van der Waals surface area contributed by atoms with Crippen molar-refractivity contribution in [2.24, 2.45) is 0 Å². The zero-order valence-electron chi connectivity index (χ0n) is 12.3. The summed E-state index contributed by atoms with van der Waals surface area (Å²) in [5.74, 6) is 0.0825. The Bertz CT molecular complexity index is 810. The van der Waals surface area contributed by atoms with Crippen molar-refractivity contribution in [2.75, 3.05) is 5.32 Å². The zero-order chi connectivity index (χ0) is 15.5. The average molecular weight is 293 g/mol. The van der Waals surface area contributed by atoms with Gasteiger partial charge in [-0.15, -0.1) is 0 Å². The minimum atomic E-state index is -0.225. The molecule has 0 bridgehead atoms. The van der Waals surface area contributed by atoms with E-state index in [-0.39, 0.29) is 5.91 Å². The van der Waals surface area contributed by atoms with Crippen molar-refractivity contribution in [1.82, 2.24) is 10.1 Å². The van der Waals surface area contributed by atoms with Gasteiger partial charge in [0.2, 0.25) is 5.88 Å². The number of amides is 1. The molecule has 0 unspecified atom stereocenters. The van der Waals surface area contributed by atoms with Crippen LogP contribution in [0.25, 0.3) is 11.3 Å². The number of aryl methyl sites for hydroxylation is 2. The maximum atomic E-state index is 12.2. The Labute approximate surface area is 128 Å². The second-order valence-corrected chi connectivity index (χ2v) is 5.07. The topological polar surface area (TPSA) is 68.0 Å². The van der Waals surface area contributed by atoms with Crippen molar-refractivity contribution < 1.29 is 9.32 Å². The lowest BCUT2D eigenvalue weighted by atomic mass is 10.1. The van der Waals surface area contributed by atoms with Crippen LogP contribution in [-0.4, -0.2) is 16.0 Å². The number of aromatic nitrogens is 2. The molecule has 0 aliphatic carbocycles. The van der Waals surface area contributed by atoms with E-state index in [0.29, 0.717) is 17.1 Å². The second-order valence-electron chi connectivity index (χ2n) is 5.07. The first-order valence-corrected chi connectivity index (χ1v) is 6.89. The van der Waals surface area contributed by atoms with Gasteiger partial charge in [-0.25, -0.2) is 0 Å². The maximum Gasteiger partial charge on any atom is 0.258 e. The monoisotopic (exact) mass is 293 g/mol. The highest BCUT2D eigenvalue weighted by Crippen LogP contribution is 2.21. The van der Waals surface area contributed by atoms with Gasteiger partial charge in [0.05, 0.1) is 0 Å². The first-order valence-electron chi connectivity index (χ1n) is 6.89. The third-order valence-corrected chi connectivity index (χ3v) is 3.47. The fraction of sp³-hybridized carbons (Fsp3) is 0.118. The van der Waals surface area contributed by atoms with Crippen LogP contribution < -0.4 is 5.32 Å². The number of nitrogens with one attached hydrogen (secondary N) is 1. The van der Waals surface area contributed by atoms with Gasteiger partial charge in [0, 0.05) is 29.6 Å². The summed E-state index contributed by atoms with van der Waals surface area (Å²) in [5, 5.41) is 6.64. The normalized spacial score (nSPS) is 10.5. The van der Waals surface area contributed by atoms with Gasteiger partial charge in [0.15, 0.2) is 0 Å². The lowest BCUT2D eigenvalue weighted by Crippen LogP contribution is -2.11. The molecule has 2 heterocycles. The minimum absolute atomic E-state index is 0.225. The first kappa shape index (κ1) is 14.0. The Morgan fingerprint density at radius 3 is 2.73 bits per heavy atom. The quantitative estimate of drug-likeness (QED) is 0.801. The van der Waals surface area contributed by atoms with Crippen LogP contribution in [0.4, 0.5) is 5.88 Å². The molecule has 0 radical (unpaired) electrons. The summed E-state index contributed by atoms with van der Waals surface area (Å²) in [7, 11) is 0. The van der Waals surface area contributed by atoms with E-state index in [0.717, 1.165) is 16.7 Å². The Kier molecular flexibility index (Phi) is 3.70. The molecule has 0 spiro atoms. The fourth-order valence-electron chi connectivity index (χ4n) is 2.05. The number of nitrogens with zero attached hydrogens (tertiary/aromatic N) is 2. The van der Waals surface area contributed by atoms with E-state index in [9.17, 15) is 4.79 Å². The van der Waals surface area contributed by atoms with Gasteiger partial charge in [-0.05, 0) is 49.2 Å². The molecule has 0 atom stereocenters. The summed E-state index contributed by atoms with van der Waals surface area (Å²) in [5.41, 5.74) is 4.26. The Hall–Kier alpha value is -2.95. The molecule has 5 nitrogen and oxygen atoms in total. The Morgan fingerprint density at radius 1 is 1.14 bits per heavy atom. The number of hydrogen-bond donors (Lipinski definition) is 1. The number of rotatable bonds is 3. The lowest BCUT2D eigenvalue weighted by Gasteiger charge is -2.04. The van der Waals surface area contributed by atoms with Gasteiger partial charge < -0.3 is 4.52 Å². The smallest absolute Gasteiger partial charge is 0.258 e. The molecule has 22 heavy (non-hydrogen) atoms. The molecule has 0 fully saturated rings. The van der Waals surface area contributed by atoms with E-state index in [1.54, 1.807) is 24.5 Å². The highest BCUT2D eigenvalue weighted by Gasteiger charge is 2.12. The molecule has 0 aliphatic heterocycles. The van der Waals surface area contributed by atoms with E-state index in [4.69, 9.17) is 4.52 Å². The standard InChI is InChI=1S/C17H15N3O2/c1-11-5-6-13(8-12(11)2)17(21)19-16-9-15(20-22-16)14-4-3-7-18-10-14/h3-10H,1-2H3,(H,19,21). The molecule has 0 saturated carbocycles. The van der Waals surface area contributed by atoms with Crippen LogP contribution in [0.15, 0.2) is 53.3 Å². The molecule has 3 aromatic rings. The van der Waals surface area contributed by atoms with Crippen molar-refractivity contribution >= 4 is 11.8 Å². The summed E-state index contributed by atoms with van der Waals surface area (Å²) in [6.45, 7) is 3.98. The Morgan fingerprint density at radius 2 is 2.00 bits per heavy atom. The number of anilines is 1. The molecule has 1 amide bonds. The highest BCUT2D eigenvalue weighted by molar-refractivity contribution is 6.03. The van der Waals surface area contributed by atoms with Crippen molar-refractivity contribution in [2.45, 2.75) is 13.8 Å². The third kappa shape index (κ3) is 2.88. The summed E-state index contributed by atoms with van der Waals surface area (Å²) >= 11 is 0. The van der Waals surface area contributed by atoms with Crippen LogP contribution in [-0.2, 0) is 0 Å². The highest BCUT2D eigenvalue weighted by atomic mass is 16.5. The molecule has 5 heteroatoms. The number of carbonyl (C=O) groups is 1. The van der Waals surface area contributed by atoms with Crippen molar-refractivity contribution in [3.63, 3.8) is 0 Å². The molecule has 1 N–H and O–H groups in total. The molecule has 2 aromatic heterocycles. The van der Waals surface area contributed by atoms with E-state index < -0.39 is 0 Å². The zero-order valence-corrected chi connectivity index (χ0v) is 12.3. The number of hydrogen-bond acceptors (Lipinski definition) is 4. The average Bonchev–Trinajstić information content (AvgIpc) is 2.99. The number of pyridine rings is 1. The molecular weight excluding hydrogens is 278 g/mol. The summed E-state index contributed by atoms with van der Waals surface area (Å²) in [4.78, 5) is 16.2. The van der Waals surface area contributed by atoms with Gasteiger partial charge in [0.1, 0.15) is 5.69 Å². The molecule has 3 rings (SSSR count). The van der Waals surface area contributed by atoms with Crippen LogP contribution in [0.3, 0.4) is 0 Å². The van der Waals surface area contributed by atoms with Crippen LogP contribution in [0, 0.1) is 13.8 Å². The number of benzene rings is 1. The SMILES string of the molecule is Cc1ccc(C(=O)Nc2cc(-c3cccnc3)no2)cc1C. The second kappa shape index (κ2) is 5.81. The number of carbonyl (C=O) groups excluding carboxylic acids is 1. The van der Waals surface area contributed by atoms with E-state index in [1.165, 1.54) is 0 Å². The molecule has 110 valence electrons. The van der Waals surface area contributed by atoms with Crippen LogP contribution in [0.5, 0.6) is 0 Å². The largest absolute Gasteiger partial charge is 0.338 e.